The minimum Gasteiger partial charge on any atom is -0.469 e. The lowest BCUT2D eigenvalue weighted by atomic mass is 9.81. The molecule has 0 aliphatic heterocycles. The van der Waals surface area contributed by atoms with Gasteiger partial charge in [-0.25, -0.2) is 0 Å². The SMILES string of the molecule is CC1(C)C=C(NNC(=O)c2ccccc2Br)c2ccoc2C1. The minimum absolute atomic E-state index is 0.0226. The van der Waals surface area contributed by atoms with E-state index in [2.05, 4.69) is 46.7 Å². The molecule has 2 aromatic rings. The summed E-state index contributed by atoms with van der Waals surface area (Å²) in [5, 5.41) is 0. The van der Waals surface area contributed by atoms with E-state index in [0.29, 0.717) is 5.56 Å². The minimum atomic E-state index is -0.193. The van der Waals surface area contributed by atoms with E-state index in [9.17, 15) is 4.79 Å². The Morgan fingerprint density at radius 1 is 1.27 bits per heavy atom. The second-order valence-corrected chi connectivity index (χ2v) is 6.89. The van der Waals surface area contributed by atoms with Gasteiger partial charge < -0.3 is 4.42 Å². The molecule has 3 rings (SSSR count). The van der Waals surface area contributed by atoms with Crippen molar-refractivity contribution >= 4 is 27.5 Å². The van der Waals surface area contributed by atoms with Crippen molar-refractivity contribution in [3.05, 3.63) is 64.0 Å². The number of fused-ring (bicyclic) bond motifs is 1. The Balaban J connectivity index is 1.78. The van der Waals surface area contributed by atoms with Crippen LogP contribution in [0.1, 0.15) is 35.5 Å². The normalized spacial score (nSPS) is 15.7. The molecule has 0 radical (unpaired) electrons. The fourth-order valence-electron chi connectivity index (χ4n) is 2.59. The van der Waals surface area contributed by atoms with Crippen molar-refractivity contribution < 1.29 is 9.21 Å². The number of hydrogen-bond donors (Lipinski definition) is 2. The summed E-state index contributed by atoms with van der Waals surface area (Å²) in [5.41, 5.74) is 8.19. The lowest BCUT2D eigenvalue weighted by Gasteiger charge is -2.27. The molecule has 0 atom stereocenters. The van der Waals surface area contributed by atoms with Crippen molar-refractivity contribution in [3.63, 3.8) is 0 Å². The van der Waals surface area contributed by atoms with Crippen molar-refractivity contribution in [2.24, 2.45) is 5.41 Å². The maximum atomic E-state index is 12.3. The molecule has 1 aliphatic carbocycles. The largest absolute Gasteiger partial charge is 0.469 e. The number of carbonyl (C=O) groups is 1. The predicted molar refractivity (Wildman–Crippen MR) is 88.9 cm³/mol. The third-order valence-electron chi connectivity index (χ3n) is 3.62. The van der Waals surface area contributed by atoms with Gasteiger partial charge in [0.15, 0.2) is 0 Å². The monoisotopic (exact) mass is 360 g/mol. The molecular weight excluding hydrogens is 344 g/mol. The molecule has 1 heterocycles. The van der Waals surface area contributed by atoms with Gasteiger partial charge >= 0.3 is 0 Å². The smallest absolute Gasteiger partial charge is 0.270 e. The molecule has 1 aliphatic rings. The summed E-state index contributed by atoms with van der Waals surface area (Å²) in [6.45, 7) is 4.27. The summed E-state index contributed by atoms with van der Waals surface area (Å²) < 4.78 is 6.29. The second kappa shape index (κ2) is 5.65. The van der Waals surface area contributed by atoms with E-state index in [1.165, 1.54) is 0 Å². The zero-order valence-electron chi connectivity index (χ0n) is 12.4. The van der Waals surface area contributed by atoms with Crippen LogP contribution in [-0.4, -0.2) is 5.91 Å². The third-order valence-corrected chi connectivity index (χ3v) is 4.31. The van der Waals surface area contributed by atoms with Gasteiger partial charge in [-0.3, -0.25) is 15.6 Å². The number of rotatable bonds is 3. The highest BCUT2D eigenvalue weighted by atomic mass is 79.9. The number of furan rings is 1. The van der Waals surface area contributed by atoms with Crippen molar-refractivity contribution in [2.75, 3.05) is 0 Å². The van der Waals surface area contributed by atoms with Gasteiger partial charge in [-0.1, -0.05) is 32.1 Å². The Labute approximate surface area is 137 Å². The van der Waals surface area contributed by atoms with E-state index in [1.807, 2.05) is 24.3 Å². The Kier molecular flexibility index (Phi) is 3.83. The van der Waals surface area contributed by atoms with Crippen molar-refractivity contribution in [2.45, 2.75) is 20.3 Å². The Morgan fingerprint density at radius 2 is 2.05 bits per heavy atom. The van der Waals surface area contributed by atoms with Gasteiger partial charge in [0.05, 0.1) is 17.5 Å². The molecule has 1 amide bonds. The molecule has 1 aromatic heterocycles. The summed E-state index contributed by atoms with van der Waals surface area (Å²) in [6, 6.07) is 9.22. The molecule has 0 saturated carbocycles. The first-order chi connectivity index (χ1) is 10.5. The molecular formula is C17H17BrN2O2. The number of hydrazine groups is 1. The van der Waals surface area contributed by atoms with Crippen LogP contribution in [0, 0.1) is 5.41 Å². The summed E-state index contributed by atoms with van der Waals surface area (Å²) in [7, 11) is 0. The highest BCUT2D eigenvalue weighted by Gasteiger charge is 2.27. The zero-order valence-corrected chi connectivity index (χ0v) is 14.0. The van der Waals surface area contributed by atoms with Gasteiger partial charge in [0.1, 0.15) is 5.76 Å². The molecule has 114 valence electrons. The fraction of sp³-hybridized carbons (Fsp3) is 0.235. The predicted octanol–water partition coefficient (Wildman–Crippen LogP) is 3.90. The lowest BCUT2D eigenvalue weighted by Crippen LogP contribution is -2.38. The van der Waals surface area contributed by atoms with Gasteiger partial charge in [-0.05, 0) is 39.5 Å². The van der Waals surface area contributed by atoms with E-state index < -0.39 is 0 Å². The fourth-order valence-corrected chi connectivity index (χ4v) is 3.06. The zero-order chi connectivity index (χ0) is 15.7. The maximum absolute atomic E-state index is 12.3. The first-order valence-corrected chi connectivity index (χ1v) is 7.86. The highest BCUT2D eigenvalue weighted by Crippen LogP contribution is 2.35. The van der Waals surface area contributed by atoms with Crippen LogP contribution >= 0.6 is 15.9 Å². The number of allylic oxidation sites excluding steroid dienone is 1. The van der Waals surface area contributed by atoms with Crippen LogP contribution in [0.15, 0.2) is 51.6 Å². The number of carbonyl (C=O) groups excluding carboxylic acids is 1. The molecule has 0 fully saturated rings. The Hall–Kier alpha value is -2.01. The Morgan fingerprint density at radius 3 is 2.82 bits per heavy atom. The summed E-state index contributed by atoms with van der Waals surface area (Å²) >= 11 is 3.38. The van der Waals surface area contributed by atoms with Gasteiger partial charge in [0.25, 0.3) is 5.91 Å². The highest BCUT2D eigenvalue weighted by molar-refractivity contribution is 9.10. The molecule has 0 saturated heterocycles. The van der Waals surface area contributed by atoms with E-state index in [0.717, 1.165) is 27.9 Å². The number of nitrogens with one attached hydrogen (secondary N) is 2. The molecule has 5 heteroatoms. The third kappa shape index (κ3) is 2.95. The number of benzene rings is 1. The van der Waals surface area contributed by atoms with Crippen molar-refractivity contribution in [1.82, 2.24) is 10.9 Å². The number of halogens is 1. The summed E-state index contributed by atoms with van der Waals surface area (Å²) in [4.78, 5) is 12.3. The van der Waals surface area contributed by atoms with Gasteiger partial charge in [-0.2, -0.15) is 0 Å². The number of hydrogen-bond acceptors (Lipinski definition) is 3. The first-order valence-electron chi connectivity index (χ1n) is 7.07. The molecule has 22 heavy (non-hydrogen) atoms. The second-order valence-electron chi connectivity index (χ2n) is 6.04. The standard InChI is InChI=1S/C17H17BrN2O2/c1-17(2)9-14(12-7-8-22-15(12)10-17)19-20-16(21)11-5-3-4-6-13(11)18/h3-9,19H,10H2,1-2H3,(H,20,21). The molecule has 4 nitrogen and oxygen atoms in total. The molecule has 0 unspecified atom stereocenters. The van der Waals surface area contributed by atoms with E-state index in [-0.39, 0.29) is 11.3 Å². The van der Waals surface area contributed by atoms with Gasteiger partial charge in [0.2, 0.25) is 0 Å². The van der Waals surface area contributed by atoms with Crippen LogP contribution < -0.4 is 10.9 Å². The summed E-state index contributed by atoms with van der Waals surface area (Å²) in [5.74, 6) is 0.743. The molecule has 0 bridgehead atoms. The maximum Gasteiger partial charge on any atom is 0.270 e. The number of amides is 1. The average Bonchev–Trinajstić information content (AvgIpc) is 2.91. The van der Waals surface area contributed by atoms with Crippen LogP contribution in [0.5, 0.6) is 0 Å². The molecule has 2 N–H and O–H groups in total. The summed E-state index contributed by atoms with van der Waals surface area (Å²) in [6.07, 6.45) is 4.64. The first kappa shape index (κ1) is 14.9. The van der Waals surface area contributed by atoms with E-state index >= 15 is 0 Å². The van der Waals surface area contributed by atoms with Crippen molar-refractivity contribution in [3.8, 4) is 0 Å². The van der Waals surface area contributed by atoms with Crippen LogP contribution in [-0.2, 0) is 6.42 Å². The van der Waals surface area contributed by atoms with Crippen LogP contribution in [0.2, 0.25) is 0 Å². The quantitative estimate of drug-likeness (QED) is 0.816. The molecule has 0 spiro atoms. The van der Waals surface area contributed by atoms with Gasteiger partial charge in [-0.15, -0.1) is 0 Å². The van der Waals surface area contributed by atoms with Gasteiger partial charge in [0, 0.05) is 16.5 Å². The lowest BCUT2D eigenvalue weighted by molar-refractivity contribution is 0.0941. The van der Waals surface area contributed by atoms with Crippen LogP contribution in [0.3, 0.4) is 0 Å². The van der Waals surface area contributed by atoms with E-state index in [1.54, 1.807) is 12.3 Å². The van der Waals surface area contributed by atoms with Crippen LogP contribution in [0.25, 0.3) is 5.70 Å². The van der Waals surface area contributed by atoms with E-state index in [4.69, 9.17) is 4.42 Å². The Bertz CT molecular complexity index is 747. The topological polar surface area (TPSA) is 54.3 Å². The van der Waals surface area contributed by atoms with Crippen LogP contribution in [0.4, 0.5) is 0 Å². The molecule has 1 aromatic carbocycles. The average molecular weight is 361 g/mol. The van der Waals surface area contributed by atoms with Crippen molar-refractivity contribution in [1.29, 1.82) is 0 Å².